The van der Waals surface area contributed by atoms with Crippen molar-refractivity contribution in [2.24, 2.45) is 0 Å². The van der Waals surface area contributed by atoms with Gasteiger partial charge in [0.1, 0.15) is 17.3 Å². The predicted octanol–water partition coefficient (Wildman–Crippen LogP) is 4.94. The van der Waals surface area contributed by atoms with Crippen molar-refractivity contribution >= 4 is 28.8 Å². The van der Waals surface area contributed by atoms with Crippen LogP contribution in [-0.4, -0.2) is 24.0 Å². The zero-order valence-corrected chi connectivity index (χ0v) is 16.8. The third-order valence-electron chi connectivity index (χ3n) is 4.37. The van der Waals surface area contributed by atoms with Crippen molar-refractivity contribution in [3.63, 3.8) is 0 Å². The molecule has 1 amide bonds. The van der Waals surface area contributed by atoms with Gasteiger partial charge in [-0.05, 0) is 48.7 Å². The Balaban J connectivity index is 1.47. The monoisotopic (exact) mass is 414 g/mol. The Kier molecular flexibility index (Phi) is 5.50. The standard InChI is InChI=1S/C21H19ClN2O3S/c1-26-19-10-14(21-24-17(12-28-21)20(25)23-16-7-8-16)4-9-18(19)27-11-13-2-5-15(22)6-3-13/h2-6,9-10,12,16H,7-8,11H2,1H3,(H,23,25). The molecule has 1 aromatic heterocycles. The van der Waals surface area contributed by atoms with Crippen LogP contribution in [0.1, 0.15) is 28.9 Å². The lowest BCUT2D eigenvalue weighted by molar-refractivity contribution is 0.0947. The molecular weight excluding hydrogens is 396 g/mol. The van der Waals surface area contributed by atoms with Gasteiger partial charge in [-0.2, -0.15) is 0 Å². The van der Waals surface area contributed by atoms with E-state index in [-0.39, 0.29) is 5.91 Å². The molecule has 1 N–H and O–H groups in total. The minimum atomic E-state index is -0.111. The number of methoxy groups -OCH3 is 1. The molecule has 7 heteroatoms. The molecule has 1 aliphatic carbocycles. The highest BCUT2D eigenvalue weighted by molar-refractivity contribution is 7.13. The maximum absolute atomic E-state index is 12.1. The number of amides is 1. The topological polar surface area (TPSA) is 60.5 Å². The van der Waals surface area contributed by atoms with Crippen LogP contribution >= 0.6 is 22.9 Å². The van der Waals surface area contributed by atoms with Crippen molar-refractivity contribution in [2.45, 2.75) is 25.5 Å². The summed E-state index contributed by atoms with van der Waals surface area (Å²) in [6.45, 7) is 0.412. The van der Waals surface area contributed by atoms with E-state index in [1.807, 2.05) is 42.5 Å². The van der Waals surface area contributed by atoms with Crippen LogP contribution in [0, 0.1) is 0 Å². The van der Waals surface area contributed by atoms with E-state index >= 15 is 0 Å². The predicted molar refractivity (Wildman–Crippen MR) is 110 cm³/mol. The average Bonchev–Trinajstić information content (AvgIpc) is 3.38. The van der Waals surface area contributed by atoms with Gasteiger partial charge in [-0.3, -0.25) is 4.79 Å². The molecule has 1 heterocycles. The van der Waals surface area contributed by atoms with Gasteiger partial charge in [0.15, 0.2) is 11.5 Å². The van der Waals surface area contributed by atoms with Gasteiger partial charge in [0.2, 0.25) is 0 Å². The minimum Gasteiger partial charge on any atom is -0.493 e. The molecule has 3 aromatic rings. The fourth-order valence-electron chi connectivity index (χ4n) is 2.66. The first-order valence-corrected chi connectivity index (χ1v) is 10.2. The van der Waals surface area contributed by atoms with E-state index in [0.29, 0.717) is 34.9 Å². The van der Waals surface area contributed by atoms with Crippen LogP contribution in [0.5, 0.6) is 11.5 Å². The molecule has 1 fully saturated rings. The minimum absolute atomic E-state index is 0.111. The SMILES string of the molecule is COc1cc(-c2nc(C(=O)NC3CC3)cs2)ccc1OCc1ccc(Cl)cc1. The van der Waals surface area contributed by atoms with Gasteiger partial charge in [-0.1, -0.05) is 23.7 Å². The van der Waals surface area contributed by atoms with Gasteiger partial charge < -0.3 is 14.8 Å². The van der Waals surface area contributed by atoms with Gasteiger partial charge in [0.25, 0.3) is 5.91 Å². The molecule has 5 nitrogen and oxygen atoms in total. The summed E-state index contributed by atoms with van der Waals surface area (Å²) in [6, 6.07) is 13.5. The number of aromatic nitrogens is 1. The number of ether oxygens (including phenoxy) is 2. The highest BCUT2D eigenvalue weighted by Gasteiger charge is 2.25. The second kappa shape index (κ2) is 8.20. The Hall–Kier alpha value is -2.57. The van der Waals surface area contributed by atoms with E-state index in [2.05, 4.69) is 10.3 Å². The van der Waals surface area contributed by atoms with Crippen molar-refractivity contribution in [2.75, 3.05) is 7.11 Å². The van der Waals surface area contributed by atoms with Crippen LogP contribution in [0.15, 0.2) is 47.8 Å². The summed E-state index contributed by atoms with van der Waals surface area (Å²) in [5, 5.41) is 6.20. The van der Waals surface area contributed by atoms with Crippen molar-refractivity contribution in [1.29, 1.82) is 0 Å². The Morgan fingerprint density at radius 2 is 2.00 bits per heavy atom. The maximum atomic E-state index is 12.1. The molecule has 2 aromatic carbocycles. The number of thiazole rings is 1. The van der Waals surface area contributed by atoms with E-state index in [1.165, 1.54) is 11.3 Å². The van der Waals surface area contributed by atoms with Crippen LogP contribution in [0.3, 0.4) is 0 Å². The molecule has 0 saturated heterocycles. The first-order chi connectivity index (χ1) is 13.6. The second-order valence-electron chi connectivity index (χ2n) is 6.57. The molecule has 0 unspecified atom stereocenters. The number of nitrogens with one attached hydrogen (secondary N) is 1. The largest absolute Gasteiger partial charge is 0.493 e. The van der Waals surface area contributed by atoms with E-state index < -0.39 is 0 Å². The zero-order valence-electron chi connectivity index (χ0n) is 15.3. The van der Waals surface area contributed by atoms with Crippen LogP contribution in [0.4, 0.5) is 0 Å². The normalized spacial score (nSPS) is 13.2. The summed E-state index contributed by atoms with van der Waals surface area (Å²) in [7, 11) is 1.60. The van der Waals surface area contributed by atoms with Crippen molar-refractivity contribution in [3.8, 4) is 22.1 Å². The fraction of sp³-hybridized carbons (Fsp3) is 0.238. The number of hydrogen-bond acceptors (Lipinski definition) is 5. The van der Waals surface area contributed by atoms with E-state index in [4.69, 9.17) is 21.1 Å². The van der Waals surface area contributed by atoms with Gasteiger partial charge in [0, 0.05) is 22.0 Å². The third kappa shape index (κ3) is 4.46. The molecule has 0 spiro atoms. The fourth-order valence-corrected chi connectivity index (χ4v) is 3.58. The Morgan fingerprint density at radius 3 is 2.71 bits per heavy atom. The number of hydrogen-bond donors (Lipinski definition) is 1. The summed E-state index contributed by atoms with van der Waals surface area (Å²) in [5.41, 5.74) is 2.35. The van der Waals surface area contributed by atoms with Crippen LogP contribution in [0.2, 0.25) is 5.02 Å². The molecule has 1 saturated carbocycles. The first-order valence-electron chi connectivity index (χ1n) is 8.94. The number of rotatable bonds is 7. The smallest absolute Gasteiger partial charge is 0.270 e. The summed E-state index contributed by atoms with van der Waals surface area (Å²) < 4.78 is 11.4. The number of nitrogens with zero attached hydrogens (tertiary/aromatic N) is 1. The summed E-state index contributed by atoms with van der Waals surface area (Å²) in [4.78, 5) is 16.6. The zero-order chi connectivity index (χ0) is 19.5. The molecule has 4 rings (SSSR count). The maximum Gasteiger partial charge on any atom is 0.270 e. The van der Waals surface area contributed by atoms with Crippen molar-refractivity contribution in [3.05, 3.63) is 64.1 Å². The molecular formula is C21H19ClN2O3S. The van der Waals surface area contributed by atoms with Gasteiger partial charge >= 0.3 is 0 Å². The van der Waals surface area contributed by atoms with Crippen LogP contribution in [-0.2, 0) is 6.61 Å². The molecule has 28 heavy (non-hydrogen) atoms. The number of halogens is 1. The molecule has 0 radical (unpaired) electrons. The van der Waals surface area contributed by atoms with E-state index in [0.717, 1.165) is 29.0 Å². The summed E-state index contributed by atoms with van der Waals surface area (Å²) >= 11 is 7.34. The quantitative estimate of drug-likeness (QED) is 0.594. The Morgan fingerprint density at radius 1 is 1.21 bits per heavy atom. The molecule has 0 atom stereocenters. The Bertz CT molecular complexity index is 984. The van der Waals surface area contributed by atoms with E-state index in [9.17, 15) is 4.79 Å². The van der Waals surface area contributed by atoms with Crippen LogP contribution in [0.25, 0.3) is 10.6 Å². The lowest BCUT2D eigenvalue weighted by Crippen LogP contribution is -2.25. The lowest BCUT2D eigenvalue weighted by atomic mass is 10.2. The highest BCUT2D eigenvalue weighted by Crippen LogP contribution is 2.34. The molecule has 1 aliphatic rings. The number of benzene rings is 2. The van der Waals surface area contributed by atoms with Gasteiger partial charge in [-0.15, -0.1) is 11.3 Å². The van der Waals surface area contributed by atoms with Gasteiger partial charge in [-0.25, -0.2) is 4.98 Å². The molecule has 144 valence electrons. The summed E-state index contributed by atoms with van der Waals surface area (Å²) in [5.74, 6) is 1.15. The highest BCUT2D eigenvalue weighted by atomic mass is 35.5. The number of carbonyl (C=O) groups is 1. The second-order valence-corrected chi connectivity index (χ2v) is 7.86. The summed E-state index contributed by atoms with van der Waals surface area (Å²) in [6.07, 6.45) is 2.11. The molecule has 0 aliphatic heterocycles. The van der Waals surface area contributed by atoms with E-state index in [1.54, 1.807) is 12.5 Å². The van der Waals surface area contributed by atoms with Crippen molar-refractivity contribution < 1.29 is 14.3 Å². The number of carbonyl (C=O) groups excluding carboxylic acids is 1. The lowest BCUT2D eigenvalue weighted by Gasteiger charge is -2.12. The van der Waals surface area contributed by atoms with Crippen molar-refractivity contribution in [1.82, 2.24) is 10.3 Å². The third-order valence-corrected chi connectivity index (χ3v) is 5.51. The first kappa shape index (κ1) is 18.8. The molecule has 0 bridgehead atoms. The average molecular weight is 415 g/mol. The van der Waals surface area contributed by atoms with Crippen LogP contribution < -0.4 is 14.8 Å². The Labute approximate surface area is 172 Å². The van der Waals surface area contributed by atoms with Gasteiger partial charge in [0.05, 0.1) is 7.11 Å².